The summed E-state index contributed by atoms with van der Waals surface area (Å²) in [5.41, 5.74) is 2.94. The monoisotopic (exact) mass is 439 g/mol. The van der Waals surface area contributed by atoms with Crippen LogP contribution in [0.25, 0.3) is 0 Å². The van der Waals surface area contributed by atoms with Crippen molar-refractivity contribution in [2.45, 2.75) is 32.6 Å². The molecule has 1 N–H and O–H groups in total. The number of aliphatic hydroxyl groups is 1. The molecule has 0 saturated heterocycles. The fraction of sp³-hybridized carbons (Fsp3) is 0.407. The zero-order chi connectivity index (χ0) is 22.3. The molecule has 3 rings (SSSR count). The summed E-state index contributed by atoms with van der Waals surface area (Å²) in [5.74, 6) is 0.935. The van der Waals surface area contributed by atoms with Crippen molar-refractivity contribution in [3.8, 4) is 5.75 Å². The molecule has 3 nitrogen and oxygen atoms in total. The Labute approximate surface area is 192 Å². The third-order valence-corrected chi connectivity index (χ3v) is 6.53. The Kier molecular flexibility index (Phi) is 8.36. The molecule has 2 atom stereocenters. The number of hydrogen-bond acceptors (Lipinski definition) is 3. The minimum absolute atomic E-state index is 0.0650. The van der Waals surface area contributed by atoms with E-state index >= 15 is 0 Å². The average molecular weight is 440 g/mol. The van der Waals surface area contributed by atoms with E-state index in [1.165, 1.54) is 5.56 Å². The Morgan fingerprint density at radius 1 is 1.06 bits per heavy atom. The number of rotatable bonds is 10. The zero-order valence-corrected chi connectivity index (χ0v) is 19.6. The lowest BCUT2D eigenvalue weighted by Gasteiger charge is -2.41. The van der Waals surface area contributed by atoms with E-state index in [1.54, 1.807) is 0 Å². The summed E-state index contributed by atoms with van der Waals surface area (Å²) in [6, 6.07) is 16.9. The molecule has 0 fully saturated rings. The molecule has 0 spiro atoms. The Morgan fingerprint density at radius 2 is 1.77 bits per heavy atom. The third kappa shape index (κ3) is 5.23. The molecule has 0 heterocycles. The van der Waals surface area contributed by atoms with Crippen molar-refractivity contribution in [2.24, 2.45) is 5.92 Å². The van der Waals surface area contributed by atoms with Gasteiger partial charge in [-0.25, -0.2) is 0 Å². The molecular formula is C27H34ClNO2. The summed E-state index contributed by atoms with van der Waals surface area (Å²) in [4.78, 5) is 2.35. The fourth-order valence-electron chi connectivity index (χ4n) is 4.51. The van der Waals surface area contributed by atoms with Crippen LogP contribution >= 0.6 is 11.6 Å². The molecule has 1 aliphatic rings. The smallest absolute Gasteiger partial charge is 0.123 e. The number of hydrogen-bond donors (Lipinski definition) is 1. The Hall–Kier alpha value is -2.07. The van der Waals surface area contributed by atoms with Crippen molar-refractivity contribution in [1.29, 1.82) is 0 Å². The normalized spacial score (nSPS) is 20.7. The number of aliphatic hydroxyl groups excluding tert-OH is 1. The van der Waals surface area contributed by atoms with E-state index in [4.69, 9.17) is 16.3 Å². The molecule has 0 radical (unpaired) electrons. The largest absolute Gasteiger partial charge is 0.492 e. The lowest BCUT2D eigenvalue weighted by atomic mass is 9.62. The molecule has 0 bridgehead atoms. The molecular weight excluding hydrogens is 406 g/mol. The van der Waals surface area contributed by atoms with Crippen molar-refractivity contribution < 1.29 is 9.84 Å². The van der Waals surface area contributed by atoms with Gasteiger partial charge in [-0.2, -0.15) is 0 Å². The molecule has 0 aromatic heterocycles. The Morgan fingerprint density at radius 3 is 2.45 bits per heavy atom. The van der Waals surface area contributed by atoms with Gasteiger partial charge in [0.1, 0.15) is 12.4 Å². The van der Waals surface area contributed by atoms with Crippen LogP contribution in [-0.2, 0) is 5.41 Å². The highest BCUT2D eigenvalue weighted by molar-refractivity contribution is 6.31. The third-order valence-electron chi connectivity index (χ3n) is 6.30. The van der Waals surface area contributed by atoms with Gasteiger partial charge in [0, 0.05) is 29.2 Å². The van der Waals surface area contributed by atoms with Crippen LogP contribution in [-0.4, -0.2) is 42.9 Å². The van der Waals surface area contributed by atoms with Crippen LogP contribution in [0.15, 0.2) is 71.8 Å². The topological polar surface area (TPSA) is 32.7 Å². The first-order valence-electron chi connectivity index (χ1n) is 11.2. The van der Waals surface area contributed by atoms with E-state index in [2.05, 4.69) is 74.2 Å². The van der Waals surface area contributed by atoms with Gasteiger partial charge in [0.2, 0.25) is 0 Å². The maximum absolute atomic E-state index is 9.86. The molecule has 2 aromatic rings. The first kappa shape index (κ1) is 23.6. The number of aryl methyl sites for hydroxylation is 1. The first-order valence-corrected chi connectivity index (χ1v) is 11.6. The first-order chi connectivity index (χ1) is 15.0. The van der Waals surface area contributed by atoms with E-state index in [-0.39, 0.29) is 12.5 Å². The number of halogens is 1. The molecule has 1 aliphatic carbocycles. The standard InChI is InChI=1S/C27H34ClNO2/c1-4-29(5-2)17-19-31-26-9-7-6-8-25(26)27(22-12-10-21(3)11-13-22)20-24(28)15-14-23(27)16-18-30/h6-15,20,23,30H,4-5,16-19H2,1-3H3. The molecule has 31 heavy (non-hydrogen) atoms. The molecule has 0 aliphatic heterocycles. The Bertz CT molecular complexity index is 902. The van der Waals surface area contributed by atoms with Gasteiger partial charge >= 0.3 is 0 Å². The van der Waals surface area contributed by atoms with Crippen molar-refractivity contribution >= 4 is 11.6 Å². The molecule has 166 valence electrons. The number of para-hydroxylation sites is 1. The van der Waals surface area contributed by atoms with E-state index in [1.807, 2.05) is 18.2 Å². The lowest BCUT2D eigenvalue weighted by Crippen LogP contribution is -2.37. The number of nitrogens with zero attached hydrogens (tertiary/aromatic N) is 1. The van der Waals surface area contributed by atoms with Crippen LogP contribution in [0.3, 0.4) is 0 Å². The van der Waals surface area contributed by atoms with Gasteiger partial charge in [-0.05, 0) is 50.1 Å². The van der Waals surface area contributed by atoms with Gasteiger partial charge < -0.3 is 14.7 Å². The summed E-state index contributed by atoms with van der Waals surface area (Å²) in [5, 5.41) is 10.6. The summed E-state index contributed by atoms with van der Waals surface area (Å²) in [7, 11) is 0. The number of allylic oxidation sites excluding steroid dienone is 4. The van der Waals surface area contributed by atoms with Crippen molar-refractivity contribution in [2.75, 3.05) is 32.8 Å². The summed E-state index contributed by atoms with van der Waals surface area (Å²) in [6.45, 7) is 10.1. The maximum atomic E-state index is 9.86. The SMILES string of the molecule is CCN(CC)CCOc1ccccc1C1(c2ccc(C)cc2)C=C(Cl)C=CC1CCO. The summed E-state index contributed by atoms with van der Waals surface area (Å²) in [6.07, 6.45) is 6.84. The lowest BCUT2D eigenvalue weighted by molar-refractivity contribution is 0.217. The van der Waals surface area contributed by atoms with Crippen LogP contribution in [0.2, 0.25) is 0 Å². The molecule has 0 amide bonds. The van der Waals surface area contributed by atoms with Crippen LogP contribution in [0.5, 0.6) is 5.75 Å². The highest BCUT2D eigenvalue weighted by atomic mass is 35.5. The predicted octanol–water partition coefficient (Wildman–Crippen LogP) is 5.69. The summed E-state index contributed by atoms with van der Waals surface area (Å²) >= 11 is 6.60. The van der Waals surface area contributed by atoms with Crippen LogP contribution < -0.4 is 4.74 Å². The molecule has 2 unspecified atom stereocenters. The second-order valence-corrected chi connectivity index (χ2v) is 8.55. The second kappa shape index (κ2) is 11.0. The minimum Gasteiger partial charge on any atom is -0.492 e. The minimum atomic E-state index is -0.506. The molecule has 2 aromatic carbocycles. The van der Waals surface area contributed by atoms with Gasteiger partial charge in [-0.1, -0.05) is 85.6 Å². The van der Waals surface area contributed by atoms with Crippen molar-refractivity contribution in [3.05, 3.63) is 88.5 Å². The van der Waals surface area contributed by atoms with Crippen LogP contribution in [0.1, 0.15) is 37.0 Å². The Balaban J connectivity index is 2.09. The number of benzene rings is 2. The van der Waals surface area contributed by atoms with Gasteiger partial charge in [-0.3, -0.25) is 0 Å². The van der Waals surface area contributed by atoms with Crippen molar-refractivity contribution in [1.82, 2.24) is 4.90 Å². The maximum Gasteiger partial charge on any atom is 0.123 e. The quantitative estimate of drug-likeness (QED) is 0.516. The van der Waals surface area contributed by atoms with Crippen LogP contribution in [0, 0.1) is 12.8 Å². The highest BCUT2D eigenvalue weighted by Crippen LogP contribution is 2.49. The second-order valence-electron chi connectivity index (χ2n) is 8.11. The van der Waals surface area contributed by atoms with E-state index in [0.29, 0.717) is 18.1 Å². The number of likely N-dealkylation sites (N-methyl/N-ethyl adjacent to an activating group) is 1. The van der Waals surface area contributed by atoms with Crippen molar-refractivity contribution in [3.63, 3.8) is 0 Å². The predicted molar refractivity (Wildman–Crippen MR) is 130 cm³/mol. The molecule has 0 saturated carbocycles. The van der Waals surface area contributed by atoms with E-state index in [0.717, 1.165) is 36.5 Å². The fourth-order valence-corrected chi connectivity index (χ4v) is 4.76. The highest BCUT2D eigenvalue weighted by Gasteiger charge is 2.42. The summed E-state index contributed by atoms with van der Waals surface area (Å²) < 4.78 is 6.36. The van der Waals surface area contributed by atoms with Crippen LogP contribution in [0.4, 0.5) is 0 Å². The van der Waals surface area contributed by atoms with Gasteiger partial charge in [0.05, 0.1) is 0 Å². The molecule has 4 heteroatoms. The van der Waals surface area contributed by atoms with E-state index < -0.39 is 5.41 Å². The zero-order valence-electron chi connectivity index (χ0n) is 18.9. The average Bonchev–Trinajstić information content (AvgIpc) is 2.79. The van der Waals surface area contributed by atoms with Gasteiger partial charge in [0.25, 0.3) is 0 Å². The number of ether oxygens (including phenoxy) is 1. The van der Waals surface area contributed by atoms with Gasteiger partial charge in [0.15, 0.2) is 0 Å². The van der Waals surface area contributed by atoms with E-state index in [9.17, 15) is 5.11 Å². The van der Waals surface area contributed by atoms with Gasteiger partial charge in [-0.15, -0.1) is 0 Å².